The van der Waals surface area contributed by atoms with Crippen molar-refractivity contribution in [3.05, 3.63) is 53.8 Å². The SMILES string of the molecule is N[C@H]1CN(c2cccc(C(F)(F)F)c2)c2cccc(F)c2NC1=O. The number of anilines is 3. The van der Waals surface area contributed by atoms with E-state index in [4.69, 9.17) is 5.73 Å². The molecule has 0 aromatic heterocycles. The lowest BCUT2D eigenvalue weighted by Gasteiger charge is -2.26. The first-order valence-electron chi connectivity index (χ1n) is 7.07. The molecule has 0 aliphatic carbocycles. The summed E-state index contributed by atoms with van der Waals surface area (Å²) in [6, 6.07) is 7.64. The Morgan fingerprint density at radius 1 is 1.17 bits per heavy atom. The first kappa shape index (κ1) is 16.3. The van der Waals surface area contributed by atoms with Crippen LogP contribution < -0.4 is 16.0 Å². The molecule has 3 rings (SSSR count). The molecule has 1 amide bonds. The molecule has 0 saturated carbocycles. The molecular weight excluding hydrogens is 326 g/mol. The lowest BCUT2D eigenvalue weighted by atomic mass is 10.1. The molecule has 8 heteroatoms. The van der Waals surface area contributed by atoms with Crippen molar-refractivity contribution in [1.82, 2.24) is 0 Å². The number of nitrogens with two attached hydrogens (primary N) is 1. The number of amides is 1. The number of nitrogens with one attached hydrogen (secondary N) is 1. The summed E-state index contributed by atoms with van der Waals surface area (Å²) < 4.78 is 52.9. The summed E-state index contributed by atoms with van der Waals surface area (Å²) in [5, 5.41) is 2.38. The molecule has 2 aromatic rings. The van der Waals surface area contributed by atoms with Gasteiger partial charge in [-0.25, -0.2) is 4.39 Å². The molecule has 0 unspecified atom stereocenters. The first-order chi connectivity index (χ1) is 11.3. The van der Waals surface area contributed by atoms with Gasteiger partial charge in [0.05, 0.1) is 11.3 Å². The van der Waals surface area contributed by atoms with Gasteiger partial charge in [0.1, 0.15) is 17.5 Å². The number of alkyl halides is 3. The molecule has 126 valence electrons. The van der Waals surface area contributed by atoms with Crippen molar-refractivity contribution in [2.45, 2.75) is 12.2 Å². The molecule has 2 aromatic carbocycles. The van der Waals surface area contributed by atoms with E-state index in [1.807, 2.05) is 0 Å². The highest BCUT2D eigenvalue weighted by molar-refractivity contribution is 6.00. The topological polar surface area (TPSA) is 58.4 Å². The zero-order chi connectivity index (χ0) is 17.5. The number of halogens is 4. The van der Waals surface area contributed by atoms with Crippen LogP contribution in [0, 0.1) is 5.82 Å². The third-order valence-corrected chi connectivity index (χ3v) is 3.73. The van der Waals surface area contributed by atoms with Crippen molar-refractivity contribution >= 4 is 23.0 Å². The number of fused-ring (bicyclic) bond motifs is 1. The standard InChI is InChI=1S/C16H13F4N3O/c17-11-5-2-6-13-14(11)22-15(24)12(21)8-23(13)10-4-1-3-9(7-10)16(18,19)20/h1-7,12H,8,21H2,(H,22,24)/t12-/m0/s1. The maximum Gasteiger partial charge on any atom is 0.416 e. The summed E-state index contributed by atoms with van der Waals surface area (Å²) in [6.07, 6.45) is -4.51. The van der Waals surface area contributed by atoms with Gasteiger partial charge in [-0.15, -0.1) is 0 Å². The minimum atomic E-state index is -4.51. The molecule has 0 spiro atoms. The van der Waals surface area contributed by atoms with Crippen molar-refractivity contribution in [3.63, 3.8) is 0 Å². The van der Waals surface area contributed by atoms with Gasteiger partial charge in [-0.2, -0.15) is 13.2 Å². The van der Waals surface area contributed by atoms with Crippen LogP contribution in [0.15, 0.2) is 42.5 Å². The van der Waals surface area contributed by atoms with Gasteiger partial charge >= 0.3 is 6.18 Å². The minimum absolute atomic E-state index is 0.0798. The molecule has 3 N–H and O–H groups in total. The summed E-state index contributed by atoms with van der Waals surface area (Å²) in [7, 11) is 0. The molecule has 1 aliphatic rings. The normalized spacial score (nSPS) is 18.0. The summed E-state index contributed by atoms with van der Waals surface area (Å²) >= 11 is 0. The molecule has 4 nitrogen and oxygen atoms in total. The molecule has 24 heavy (non-hydrogen) atoms. The summed E-state index contributed by atoms with van der Waals surface area (Å²) in [4.78, 5) is 13.3. The smallest absolute Gasteiger partial charge is 0.338 e. The fraction of sp³-hybridized carbons (Fsp3) is 0.188. The van der Waals surface area contributed by atoms with E-state index in [0.717, 1.165) is 18.2 Å². The first-order valence-corrected chi connectivity index (χ1v) is 7.07. The second-order valence-electron chi connectivity index (χ2n) is 5.39. The quantitative estimate of drug-likeness (QED) is 0.784. The van der Waals surface area contributed by atoms with Gasteiger partial charge in [-0.05, 0) is 30.3 Å². The zero-order valence-corrected chi connectivity index (χ0v) is 12.3. The molecular formula is C16H13F4N3O. The van der Waals surface area contributed by atoms with Crippen LogP contribution in [0.25, 0.3) is 0 Å². The predicted molar refractivity (Wildman–Crippen MR) is 81.5 cm³/mol. The van der Waals surface area contributed by atoms with Crippen molar-refractivity contribution in [2.75, 3.05) is 16.8 Å². The van der Waals surface area contributed by atoms with Gasteiger partial charge in [0.25, 0.3) is 0 Å². The van der Waals surface area contributed by atoms with Crippen molar-refractivity contribution < 1.29 is 22.4 Å². The third-order valence-electron chi connectivity index (χ3n) is 3.73. The van der Waals surface area contributed by atoms with Crippen LogP contribution in [0.1, 0.15) is 5.56 Å². The van der Waals surface area contributed by atoms with Crippen LogP contribution in [-0.4, -0.2) is 18.5 Å². The van der Waals surface area contributed by atoms with Gasteiger partial charge in [0.15, 0.2) is 0 Å². The third kappa shape index (κ3) is 2.92. The van der Waals surface area contributed by atoms with E-state index in [1.54, 1.807) is 0 Å². The molecule has 1 aliphatic heterocycles. The van der Waals surface area contributed by atoms with Crippen molar-refractivity contribution in [3.8, 4) is 0 Å². The Labute approximate surface area is 134 Å². The van der Waals surface area contributed by atoms with Gasteiger partial charge in [-0.3, -0.25) is 4.79 Å². The Hall–Kier alpha value is -2.61. The highest BCUT2D eigenvalue weighted by Crippen LogP contribution is 2.38. The monoisotopic (exact) mass is 339 g/mol. The average molecular weight is 339 g/mol. The molecule has 0 bridgehead atoms. The number of carbonyl (C=O) groups is 1. The molecule has 0 fully saturated rings. The molecule has 0 saturated heterocycles. The molecule has 0 radical (unpaired) electrons. The van der Waals surface area contributed by atoms with E-state index < -0.39 is 29.5 Å². The Kier molecular flexibility index (Phi) is 3.92. The molecule has 1 atom stereocenters. The largest absolute Gasteiger partial charge is 0.416 e. The number of hydrogen-bond donors (Lipinski definition) is 2. The van der Waals surface area contributed by atoms with Gasteiger partial charge < -0.3 is 16.0 Å². The fourth-order valence-corrected chi connectivity index (χ4v) is 2.55. The van der Waals surface area contributed by atoms with Crippen LogP contribution in [0.3, 0.4) is 0 Å². The maximum absolute atomic E-state index is 14.0. The van der Waals surface area contributed by atoms with E-state index in [1.165, 1.54) is 29.2 Å². The predicted octanol–water partition coefficient (Wildman–Crippen LogP) is 3.26. The Morgan fingerprint density at radius 2 is 1.88 bits per heavy atom. The number of benzene rings is 2. The average Bonchev–Trinajstić information content (AvgIpc) is 2.65. The highest BCUT2D eigenvalue weighted by atomic mass is 19.4. The number of para-hydroxylation sites is 1. The van der Waals surface area contributed by atoms with E-state index in [-0.39, 0.29) is 23.6 Å². The summed E-state index contributed by atoms with van der Waals surface area (Å²) in [5.41, 5.74) is 5.24. The van der Waals surface area contributed by atoms with E-state index in [0.29, 0.717) is 0 Å². The minimum Gasteiger partial charge on any atom is -0.338 e. The lowest BCUT2D eigenvalue weighted by molar-refractivity contribution is -0.137. The van der Waals surface area contributed by atoms with Crippen LogP contribution in [0.5, 0.6) is 0 Å². The van der Waals surface area contributed by atoms with Crippen LogP contribution >= 0.6 is 0 Å². The fourth-order valence-electron chi connectivity index (χ4n) is 2.55. The number of carbonyl (C=O) groups excluding carboxylic acids is 1. The van der Waals surface area contributed by atoms with Crippen molar-refractivity contribution in [2.24, 2.45) is 5.73 Å². The highest BCUT2D eigenvalue weighted by Gasteiger charge is 2.32. The lowest BCUT2D eigenvalue weighted by Crippen LogP contribution is -2.41. The summed E-state index contributed by atoms with van der Waals surface area (Å²) in [6.45, 7) is -0.0798. The van der Waals surface area contributed by atoms with Gasteiger partial charge in [0.2, 0.25) is 5.91 Å². The van der Waals surface area contributed by atoms with E-state index in [2.05, 4.69) is 5.32 Å². The molecule has 1 heterocycles. The van der Waals surface area contributed by atoms with E-state index >= 15 is 0 Å². The van der Waals surface area contributed by atoms with Crippen LogP contribution in [0.4, 0.5) is 34.6 Å². The Balaban J connectivity index is 2.14. The number of rotatable bonds is 1. The van der Waals surface area contributed by atoms with Gasteiger partial charge in [0, 0.05) is 12.2 Å². The number of hydrogen-bond acceptors (Lipinski definition) is 3. The second kappa shape index (κ2) is 5.79. The maximum atomic E-state index is 14.0. The summed E-state index contributed by atoms with van der Waals surface area (Å²) in [5.74, 6) is -1.29. The second-order valence-corrected chi connectivity index (χ2v) is 5.39. The van der Waals surface area contributed by atoms with Crippen LogP contribution in [-0.2, 0) is 11.0 Å². The van der Waals surface area contributed by atoms with Gasteiger partial charge in [-0.1, -0.05) is 12.1 Å². The Morgan fingerprint density at radius 3 is 2.58 bits per heavy atom. The Bertz CT molecular complexity index is 791. The van der Waals surface area contributed by atoms with E-state index in [9.17, 15) is 22.4 Å². The number of nitrogens with zero attached hydrogens (tertiary/aromatic N) is 1. The van der Waals surface area contributed by atoms with Crippen LogP contribution in [0.2, 0.25) is 0 Å². The zero-order valence-electron chi connectivity index (χ0n) is 12.3. The van der Waals surface area contributed by atoms with Crippen molar-refractivity contribution in [1.29, 1.82) is 0 Å².